The van der Waals surface area contributed by atoms with Gasteiger partial charge < -0.3 is 14.4 Å². The number of hydrogen-bond donors (Lipinski definition) is 0. The Morgan fingerprint density at radius 3 is 2.22 bits per heavy atom. The molecule has 2 heterocycles. The zero-order valence-corrected chi connectivity index (χ0v) is 15.9. The van der Waals surface area contributed by atoms with Gasteiger partial charge in [0.05, 0.1) is 23.7 Å². The molecule has 1 amide bonds. The summed E-state index contributed by atoms with van der Waals surface area (Å²) in [5.74, 6) is -0.842. The van der Waals surface area contributed by atoms with Gasteiger partial charge in [-0.3, -0.25) is 4.79 Å². The Morgan fingerprint density at radius 1 is 0.963 bits per heavy atom. The second-order valence-corrected chi connectivity index (χ2v) is 8.50. The number of amides is 1. The Kier molecular flexibility index (Phi) is 6.46. The fraction of sp³-hybridized carbons (Fsp3) is 0.556. The number of ether oxygens (including phenoxy) is 2. The Labute approximate surface area is 159 Å². The van der Waals surface area contributed by atoms with Crippen molar-refractivity contribution in [3.63, 3.8) is 0 Å². The van der Waals surface area contributed by atoms with Gasteiger partial charge in [-0.25, -0.2) is 13.2 Å². The van der Waals surface area contributed by atoms with Crippen LogP contribution in [0.5, 0.6) is 0 Å². The molecule has 148 valence electrons. The summed E-state index contributed by atoms with van der Waals surface area (Å²) >= 11 is 0. The van der Waals surface area contributed by atoms with Crippen molar-refractivity contribution >= 4 is 21.9 Å². The highest BCUT2D eigenvalue weighted by molar-refractivity contribution is 7.89. The zero-order valence-electron chi connectivity index (χ0n) is 15.1. The molecule has 2 fully saturated rings. The highest BCUT2D eigenvalue weighted by atomic mass is 32.2. The van der Waals surface area contributed by atoms with E-state index in [4.69, 9.17) is 9.47 Å². The molecule has 1 aromatic rings. The summed E-state index contributed by atoms with van der Waals surface area (Å²) in [7, 11) is -3.60. The number of rotatable bonds is 5. The van der Waals surface area contributed by atoms with Gasteiger partial charge in [0.2, 0.25) is 10.0 Å². The van der Waals surface area contributed by atoms with Crippen LogP contribution in [0.1, 0.15) is 29.6 Å². The average molecular weight is 396 g/mol. The Bertz CT molecular complexity index is 766. The lowest BCUT2D eigenvalue weighted by atomic mass is 10.1. The quantitative estimate of drug-likeness (QED) is 0.686. The molecule has 0 atom stereocenters. The Hall–Kier alpha value is -1.97. The molecule has 0 N–H and O–H groups in total. The largest absolute Gasteiger partial charge is 0.452 e. The van der Waals surface area contributed by atoms with Crippen molar-refractivity contribution in [3.8, 4) is 0 Å². The first-order valence-corrected chi connectivity index (χ1v) is 10.6. The number of esters is 1. The van der Waals surface area contributed by atoms with E-state index in [2.05, 4.69) is 0 Å². The number of carbonyl (C=O) groups is 2. The smallest absolute Gasteiger partial charge is 0.338 e. The van der Waals surface area contributed by atoms with Crippen LogP contribution in [0, 0.1) is 0 Å². The molecule has 3 rings (SSSR count). The lowest BCUT2D eigenvalue weighted by Gasteiger charge is -2.26. The minimum atomic E-state index is -3.60. The Balaban J connectivity index is 1.57. The fourth-order valence-electron chi connectivity index (χ4n) is 3.14. The van der Waals surface area contributed by atoms with Crippen LogP contribution in [0.2, 0.25) is 0 Å². The molecular weight excluding hydrogens is 372 g/mol. The molecule has 0 aromatic heterocycles. The number of benzene rings is 1. The van der Waals surface area contributed by atoms with Gasteiger partial charge >= 0.3 is 5.97 Å². The zero-order chi connectivity index (χ0) is 19.3. The van der Waals surface area contributed by atoms with Crippen LogP contribution < -0.4 is 0 Å². The third kappa shape index (κ3) is 4.85. The first-order chi connectivity index (χ1) is 13.0. The summed E-state index contributed by atoms with van der Waals surface area (Å²) in [6.45, 7) is 2.46. The van der Waals surface area contributed by atoms with Crippen molar-refractivity contribution in [2.75, 3.05) is 46.0 Å². The number of morpholine rings is 1. The number of nitrogens with zero attached hydrogens (tertiary/aromatic N) is 2. The van der Waals surface area contributed by atoms with Crippen molar-refractivity contribution in [2.45, 2.75) is 24.2 Å². The highest BCUT2D eigenvalue weighted by Crippen LogP contribution is 2.18. The van der Waals surface area contributed by atoms with E-state index in [0.29, 0.717) is 39.4 Å². The average Bonchev–Trinajstić information content (AvgIpc) is 2.73. The molecule has 0 saturated carbocycles. The lowest BCUT2D eigenvalue weighted by Crippen LogP contribution is -2.40. The maximum absolute atomic E-state index is 12.6. The summed E-state index contributed by atoms with van der Waals surface area (Å²) in [5, 5.41) is 0. The topological polar surface area (TPSA) is 93.2 Å². The molecular formula is C18H24N2O6S. The van der Waals surface area contributed by atoms with Crippen LogP contribution in [0.15, 0.2) is 29.2 Å². The van der Waals surface area contributed by atoms with Gasteiger partial charge in [0.1, 0.15) is 0 Å². The van der Waals surface area contributed by atoms with Crippen LogP contribution >= 0.6 is 0 Å². The first kappa shape index (κ1) is 19.8. The Morgan fingerprint density at radius 2 is 1.59 bits per heavy atom. The summed E-state index contributed by atoms with van der Waals surface area (Å²) in [5.41, 5.74) is 0.211. The predicted molar refractivity (Wildman–Crippen MR) is 96.7 cm³/mol. The first-order valence-electron chi connectivity index (χ1n) is 9.11. The van der Waals surface area contributed by atoms with E-state index < -0.39 is 16.0 Å². The number of hydrogen-bond acceptors (Lipinski definition) is 6. The van der Waals surface area contributed by atoms with Crippen LogP contribution in [0.3, 0.4) is 0 Å². The second-order valence-electron chi connectivity index (χ2n) is 6.56. The van der Waals surface area contributed by atoms with E-state index in [1.807, 2.05) is 0 Å². The van der Waals surface area contributed by atoms with Gasteiger partial charge in [-0.1, -0.05) is 0 Å². The monoisotopic (exact) mass is 396 g/mol. The highest BCUT2D eigenvalue weighted by Gasteiger charge is 2.26. The van der Waals surface area contributed by atoms with E-state index in [1.165, 1.54) is 28.6 Å². The van der Waals surface area contributed by atoms with E-state index in [0.717, 1.165) is 19.3 Å². The number of likely N-dealkylation sites (tertiary alicyclic amines) is 1. The molecule has 0 spiro atoms. The SMILES string of the molecule is O=C(OCC(=O)N1CCCCC1)c1ccc(S(=O)(=O)N2CCOCC2)cc1. The van der Waals surface area contributed by atoms with E-state index in [9.17, 15) is 18.0 Å². The third-order valence-electron chi connectivity index (χ3n) is 4.73. The number of carbonyl (C=O) groups excluding carboxylic acids is 2. The molecule has 2 saturated heterocycles. The molecule has 0 radical (unpaired) electrons. The lowest BCUT2D eigenvalue weighted by molar-refractivity contribution is -0.135. The summed E-state index contributed by atoms with van der Waals surface area (Å²) in [6, 6.07) is 5.57. The van der Waals surface area contributed by atoms with Gasteiger partial charge in [-0.15, -0.1) is 0 Å². The molecule has 8 nitrogen and oxygen atoms in total. The van der Waals surface area contributed by atoms with E-state index in [-0.39, 0.29) is 23.0 Å². The predicted octanol–water partition coefficient (Wildman–Crippen LogP) is 0.877. The van der Waals surface area contributed by atoms with Crippen molar-refractivity contribution in [1.82, 2.24) is 9.21 Å². The van der Waals surface area contributed by atoms with E-state index >= 15 is 0 Å². The molecule has 1 aromatic carbocycles. The molecule has 27 heavy (non-hydrogen) atoms. The van der Waals surface area contributed by atoms with Crippen molar-refractivity contribution in [3.05, 3.63) is 29.8 Å². The maximum atomic E-state index is 12.6. The number of piperidine rings is 1. The third-order valence-corrected chi connectivity index (χ3v) is 6.65. The van der Waals surface area contributed by atoms with Crippen molar-refractivity contribution in [1.29, 1.82) is 0 Å². The molecule has 0 bridgehead atoms. The molecule has 0 aliphatic carbocycles. The van der Waals surface area contributed by atoms with Gasteiger partial charge in [0.15, 0.2) is 6.61 Å². The fourth-order valence-corrected chi connectivity index (χ4v) is 4.55. The minimum absolute atomic E-state index is 0.116. The summed E-state index contributed by atoms with van der Waals surface area (Å²) in [6.07, 6.45) is 3.06. The normalized spacial score (nSPS) is 18.9. The van der Waals surface area contributed by atoms with Crippen LogP contribution in [0.4, 0.5) is 0 Å². The van der Waals surface area contributed by atoms with E-state index in [1.54, 1.807) is 4.90 Å². The molecule has 2 aliphatic rings. The van der Waals surface area contributed by atoms with Gasteiger partial charge in [0.25, 0.3) is 5.91 Å². The second kappa shape index (κ2) is 8.81. The van der Waals surface area contributed by atoms with Crippen LogP contribution in [-0.2, 0) is 24.3 Å². The minimum Gasteiger partial charge on any atom is -0.452 e. The van der Waals surface area contributed by atoms with Crippen LogP contribution in [0.25, 0.3) is 0 Å². The number of sulfonamides is 1. The standard InChI is InChI=1S/C18H24N2O6S/c21-17(19-8-2-1-3-9-19)14-26-18(22)15-4-6-16(7-5-15)27(23,24)20-10-12-25-13-11-20/h4-7H,1-3,8-14H2. The van der Waals surface area contributed by atoms with Gasteiger partial charge in [-0.05, 0) is 43.5 Å². The maximum Gasteiger partial charge on any atom is 0.338 e. The van der Waals surface area contributed by atoms with Crippen LogP contribution in [-0.4, -0.2) is 75.5 Å². The molecule has 0 unspecified atom stereocenters. The molecule has 2 aliphatic heterocycles. The van der Waals surface area contributed by atoms with Crippen molar-refractivity contribution in [2.24, 2.45) is 0 Å². The van der Waals surface area contributed by atoms with Gasteiger partial charge in [0, 0.05) is 26.2 Å². The summed E-state index contributed by atoms with van der Waals surface area (Å²) < 4.78 is 36.7. The van der Waals surface area contributed by atoms with Crippen molar-refractivity contribution < 1.29 is 27.5 Å². The van der Waals surface area contributed by atoms with Gasteiger partial charge in [-0.2, -0.15) is 4.31 Å². The summed E-state index contributed by atoms with van der Waals surface area (Å²) in [4.78, 5) is 26.0. The molecule has 9 heteroatoms.